The Balaban J connectivity index is 2.40. The Kier molecular flexibility index (Phi) is 2.10. The van der Waals surface area contributed by atoms with E-state index >= 15 is 0 Å². The van der Waals surface area contributed by atoms with E-state index in [1.165, 1.54) is 18.4 Å². The maximum Gasteiger partial charge on any atom is 0.284 e. The second-order valence-electron chi connectivity index (χ2n) is 2.60. The van der Waals surface area contributed by atoms with Gasteiger partial charge in [-0.2, -0.15) is 5.10 Å². The average Bonchev–Trinajstić information content (AvgIpc) is 2.69. The maximum atomic E-state index is 11.3. The van der Waals surface area contributed by atoms with Gasteiger partial charge in [-0.15, -0.1) is 11.3 Å². The fourth-order valence-electron chi connectivity index (χ4n) is 1.08. The zero-order valence-corrected chi connectivity index (χ0v) is 8.14. The molecule has 2 aromatic heterocycles. The fraction of sp³-hybridized carbons (Fsp3) is 0.143. The van der Waals surface area contributed by atoms with Crippen molar-refractivity contribution in [1.29, 1.82) is 0 Å². The number of hydroxylamine groups is 1. The summed E-state index contributed by atoms with van der Waals surface area (Å²) >= 11 is 1.25. The summed E-state index contributed by atoms with van der Waals surface area (Å²) in [6, 6.07) is 1.67. The van der Waals surface area contributed by atoms with Gasteiger partial charge in [0.25, 0.3) is 5.91 Å². The SMILES string of the molecule is CONC(=O)c1cc2c(N)[nH]nc2s1. The zero-order chi connectivity index (χ0) is 10.1. The molecule has 0 aliphatic carbocycles. The van der Waals surface area contributed by atoms with Gasteiger partial charge in [-0.1, -0.05) is 0 Å². The third-order valence-corrected chi connectivity index (χ3v) is 2.73. The minimum absolute atomic E-state index is 0.296. The molecule has 74 valence electrons. The minimum atomic E-state index is -0.296. The van der Waals surface area contributed by atoms with Gasteiger partial charge in [0, 0.05) is 0 Å². The summed E-state index contributed by atoms with van der Waals surface area (Å²) < 4.78 is 0. The molecule has 0 unspecified atom stereocenters. The molecule has 0 aliphatic heterocycles. The summed E-state index contributed by atoms with van der Waals surface area (Å²) in [5, 5.41) is 7.32. The largest absolute Gasteiger partial charge is 0.384 e. The van der Waals surface area contributed by atoms with Gasteiger partial charge in [-0.25, -0.2) is 5.48 Å². The molecule has 14 heavy (non-hydrogen) atoms. The number of aromatic nitrogens is 2. The van der Waals surface area contributed by atoms with Gasteiger partial charge in [-0.05, 0) is 6.07 Å². The first kappa shape index (κ1) is 8.97. The normalized spacial score (nSPS) is 10.6. The van der Waals surface area contributed by atoms with Crippen molar-refractivity contribution >= 4 is 33.3 Å². The molecule has 6 nitrogen and oxygen atoms in total. The lowest BCUT2D eigenvalue weighted by atomic mass is 10.3. The van der Waals surface area contributed by atoms with Crippen molar-refractivity contribution in [3.8, 4) is 0 Å². The second kappa shape index (κ2) is 3.28. The molecule has 0 saturated carbocycles. The van der Waals surface area contributed by atoms with Gasteiger partial charge in [0.1, 0.15) is 10.6 Å². The number of rotatable bonds is 2. The lowest BCUT2D eigenvalue weighted by Crippen LogP contribution is -2.20. The molecule has 0 aliphatic rings. The van der Waals surface area contributed by atoms with E-state index in [1.807, 2.05) is 0 Å². The predicted octanol–water partition coefficient (Wildman–Crippen LogP) is 0.498. The number of nitrogens with one attached hydrogen (secondary N) is 2. The third-order valence-electron chi connectivity index (χ3n) is 1.70. The zero-order valence-electron chi connectivity index (χ0n) is 7.33. The smallest absolute Gasteiger partial charge is 0.284 e. The molecule has 2 heterocycles. The van der Waals surface area contributed by atoms with Crippen molar-refractivity contribution < 1.29 is 9.63 Å². The maximum absolute atomic E-state index is 11.3. The first-order chi connectivity index (χ1) is 6.72. The van der Waals surface area contributed by atoms with E-state index in [-0.39, 0.29) is 5.91 Å². The molecule has 4 N–H and O–H groups in total. The molecule has 0 aromatic carbocycles. The van der Waals surface area contributed by atoms with Crippen LogP contribution in [0.3, 0.4) is 0 Å². The first-order valence-corrected chi connectivity index (χ1v) is 4.60. The van der Waals surface area contributed by atoms with Crippen LogP contribution < -0.4 is 11.2 Å². The van der Waals surface area contributed by atoms with Crippen molar-refractivity contribution in [3.63, 3.8) is 0 Å². The molecule has 0 atom stereocenters. The minimum Gasteiger partial charge on any atom is -0.384 e. The summed E-state index contributed by atoms with van der Waals surface area (Å²) in [6.07, 6.45) is 0. The lowest BCUT2D eigenvalue weighted by Gasteiger charge is -1.96. The highest BCUT2D eigenvalue weighted by Crippen LogP contribution is 2.27. The third kappa shape index (κ3) is 1.32. The number of anilines is 1. The Labute approximate surface area is 83.0 Å². The van der Waals surface area contributed by atoms with Crippen LogP contribution in [-0.2, 0) is 4.84 Å². The van der Waals surface area contributed by atoms with E-state index in [0.29, 0.717) is 15.5 Å². The summed E-state index contributed by atoms with van der Waals surface area (Å²) in [5.74, 6) is 0.169. The standard InChI is InChI=1S/C7H8N4O2S/c1-13-11-6(12)4-2-3-5(8)9-10-7(3)14-4/h2H,1H3,(H,11,12)(H3,8,9,10). The second-order valence-corrected chi connectivity index (χ2v) is 3.63. The number of aromatic amines is 1. The van der Waals surface area contributed by atoms with Gasteiger partial charge in [0.15, 0.2) is 0 Å². The quantitative estimate of drug-likeness (QED) is 0.632. The average molecular weight is 212 g/mol. The summed E-state index contributed by atoms with van der Waals surface area (Å²) in [4.78, 5) is 17.1. The van der Waals surface area contributed by atoms with Crippen molar-refractivity contribution in [3.05, 3.63) is 10.9 Å². The molecule has 1 amide bonds. The van der Waals surface area contributed by atoms with E-state index in [4.69, 9.17) is 5.73 Å². The van der Waals surface area contributed by atoms with Crippen molar-refractivity contribution in [1.82, 2.24) is 15.7 Å². The van der Waals surface area contributed by atoms with E-state index in [0.717, 1.165) is 5.39 Å². The summed E-state index contributed by atoms with van der Waals surface area (Å²) in [6.45, 7) is 0. The summed E-state index contributed by atoms with van der Waals surface area (Å²) in [7, 11) is 1.38. The lowest BCUT2D eigenvalue weighted by molar-refractivity contribution is 0.0542. The van der Waals surface area contributed by atoms with Crippen LogP contribution in [0.5, 0.6) is 0 Å². The van der Waals surface area contributed by atoms with Crippen LogP contribution in [0.4, 0.5) is 5.82 Å². The van der Waals surface area contributed by atoms with Crippen LogP contribution in [0.2, 0.25) is 0 Å². The Morgan fingerprint density at radius 2 is 2.57 bits per heavy atom. The molecule has 2 rings (SSSR count). The molecule has 0 fully saturated rings. The highest BCUT2D eigenvalue weighted by atomic mass is 32.1. The van der Waals surface area contributed by atoms with E-state index in [9.17, 15) is 4.79 Å². The number of hydrogen-bond acceptors (Lipinski definition) is 5. The Morgan fingerprint density at radius 3 is 3.21 bits per heavy atom. The highest BCUT2D eigenvalue weighted by molar-refractivity contribution is 7.20. The number of carbonyl (C=O) groups excluding carboxylic acids is 1. The number of nitrogens with two attached hydrogens (primary N) is 1. The van der Waals surface area contributed by atoms with E-state index < -0.39 is 0 Å². The molecular weight excluding hydrogens is 204 g/mol. The first-order valence-electron chi connectivity index (χ1n) is 3.79. The van der Waals surface area contributed by atoms with Gasteiger partial charge in [0.2, 0.25) is 0 Å². The van der Waals surface area contributed by atoms with E-state index in [1.54, 1.807) is 6.07 Å². The number of H-pyrrole nitrogens is 1. The van der Waals surface area contributed by atoms with Gasteiger partial charge < -0.3 is 5.73 Å². The number of amides is 1. The Morgan fingerprint density at radius 1 is 1.79 bits per heavy atom. The number of nitrogen functional groups attached to an aromatic ring is 1. The fourth-order valence-corrected chi connectivity index (χ4v) is 1.97. The van der Waals surface area contributed by atoms with Crippen molar-refractivity contribution in [2.45, 2.75) is 0 Å². The van der Waals surface area contributed by atoms with Crippen LogP contribution in [0.1, 0.15) is 9.67 Å². The molecule has 0 radical (unpaired) electrons. The molecule has 0 bridgehead atoms. The topological polar surface area (TPSA) is 93.0 Å². The number of nitrogens with zero attached hydrogens (tertiary/aromatic N) is 1. The monoisotopic (exact) mass is 212 g/mol. The number of thiophene rings is 1. The molecule has 7 heteroatoms. The number of carbonyl (C=O) groups is 1. The Bertz CT molecular complexity index is 475. The van der Waals surface area contributed by atoms with Gasteiger partial charge in [0.05, 0.1) is 17.4 Å². The van der Waals surface area contributed by atoms with Gasteiger partial charge in [-0.3, -0.25) is 14.7 Å². The summed E-state index contributed by atoms with van der Waals surface area (Å²) in [5.41, 5.74) is 7.81. The van der Waals surface area contributed by atoms with Crippen molar-refractivity contribution in [2.24, 2.45) is 0 Å². The Hall–Kier alpha value is -1.60. The van der Waals surface area contributed by atoms with Crippen LogP contribution in [0.25, 0.3) is 10.2 Å². The van der Waals surface area contributed by atoms with Crippen LogP contribution in [-0.4, -0.2) is 23.2 Å². The number of fused-ring (bicyclic) bond motifs is 1. The van der Waals surface area contributed by atoms with E-state index in [2.05, 4.69) is 20.5 Å². The highest BCUT2D eigenvalue weighted by Gasteiger charge is 2.13. The number of hydrogen-bond donors (Lipinski definition) is 3. The van der Waals surface area contributed by atoms with Crippen LogP contribution in [0, 0.1) is 0 Å². The molecular formula is C7H8N4O2S. The predicted molar refractivity (Wildman–Crippen MR) is 52.9 cm³/mol. The molecule has 0 spiro atoms. The molecule has 0 saturated heterocycles. The van der Waals surface area contributed by atoms with Crippen LogP contribution in [0.15, 0.2) is 6.07 Å². The van der Waals surface area contributed by atoms with Gasteiger partial charge >= 0.3 is 0 Å². The van der Waals surface area contributed by atoms with Crippen molar-refractivity contribution in [2.75, 3.05) is 12.8 Å². The molecule has 2 aromatic rings. The van der Waals surface area contributed by atoms with Crippen LogP contribution >= 0.6 is 11.3 Å².